The lowest BCUT2D eigenvalue weighted by atomic mass is 10.4. The molecule has 0 aromatic carbocycles. The number of methoxy groups -OCH3 is 1. The normalized spacial score (nSPS) is 10.1. The van der Waals surface area contributed by atoms with Crippen LogP contribution in [0.25, 0.3) is 0 Å². The summed E-state index contributed by atoms with van der Waals surface area (Å²) in [6.07, 6.45) is 5.21. The van der Waals surface area contributed by atoms with Gasteiger partial charge in [0.1, 0.15) is 0 Å². The van der Waals surface area contributed by atoms with Gasteiger partial charge >= 0.3 is 0 Å². The van der Waals surface area contributed by atoms with Crippen LogP contribution in [0.5, 0.6) is 5.75 Å². The number of rotatable bonds is 5. The first-order valence-corrected chi connectivity index (χ1v) is 4.74. The van der Waals surface area contributed by atoms with Crippen molar-refractivity contribution in [1.29, 1.82) is 0 Å². The van der Waals surface area contributed by atoms with Crippen LogP contribution in [-0.2, 0) is 6.42 Å². The molecule has 1 N–H and O–H groups in total. The first-order chi connectivity index (χ1) is 7.88. The van der Waals surface area contributed by atoms with Crippen LogP contribution in [0.3, 0.4) is 0 Å². The highest BCUT2D eigenvalue weighted by Crippen LogP contribution is 2.06. The number of ether oxygens (including phenoxy) is 1. The van der Waals surface area contributed by atoms with Gasteiger partial charge in [0.05, 0.1) is 19.5 Å². The second kappa shape index (κ2) is 5.06. The molecule has 0 aliphatic carbocycles. The summed E-state index contributed by atoms with van der Waals surface area (Å²) in [6, 6.07) is 0. The summed E-state index contributed by atoms with van der Waals surface area (Å²) in [7, 11) is 1.57. The average molecular weight is 221 g/mol. The van der Waals surface area contributed by atoms with Gasteiger partial charge in [0, 0.05) is 13.0 Å². The fourth-order valence-corrected chi connectivity index (χ4v) is 1.10. The van der Waals surface area contributed by atoms with Crippen LogP contribution in [-0.4, -0.2) is 33.8 Å². The second-order valence-corrected chi connectivity index (χ2v) is 2.96. The minimum absolute atomic E-state index is 0.542. The van der Waals surface area contributed by atoms with E-state index in [9.17, 15) is 0 Å². The predicted molar refractivity (Wildman–Crippen MR) is 55.1 cm³/mol. The molecular formula is C9H11N5O2. The molecule has 0 radical (unpaired) electrons. The molecule has 0 fully saturated rings. The van der Waals surface area contributed by atoms with Crippen molar-refractivity contribution in [2.75, 3.05) is 19.0 Å². The lowest BCUT2D eigenvalue weighted by Gasteiger charge is -2.03. The zero-order valence-corrected chi connectivity index (χ0v) is 8.75. The van der Waals surface area contributed by atoms with Crippen LogP contribution < -0.4 is 10.1 Å². The first-order valence-electron chi connectivity index (χ1n) is 4.74. The van der Waals surface area contributed by atoms with Crippen LogP contribution in [0.4, 0.5) is 5.95 Å². The maximum absolute atomic E-state index is 4.95. The van der Waals surface area contributed by atoms with E-state index in [-0.39, 0.29) is 0 Å². The van der Waals surface area contributed by atoms with Crippen molar-refractivity contribution in [2.24, 2.45) is 0 Å². The molecule has 0 bridgehead atoms. The summed E-state index contributed by atoms with van der Waals surface area (Å²) in [5.74, 6) is 1.75. The fourth-order valence-electron chi connectivity index (χ4n) is 1.10. The molecule has 7 nitrogen and oxygen atoms in total. The van der Waals surface area contributed by atoms with Gasteiger partial charge in [0.15, 0.2) is 12.1 Å². The van der Waals surface area contributed by atoms with E-state index in [0.717, 1.165) is 0 Å². The molecular weight excluding hydrogens is 210 g/mol. The summed E-state index contributed by atoms with van der Waals surface area (Å²) in [5, 5.41) is 6.54. The standard InChI is InChI=1S/C9H11N5O2/c1-15-7-4-11-9(12-5-7)10-3-2-8-13-6-14-16-8/h4-6H,2-3H2,1H3,(H,10,11,12). The third-order valence-corrected chi connectivity index (χ3v) is 1.89. The van der Waals surface area contributed by atoms with Gasteiger partial charge in [-0.1, -0.05) is 5.16 Å². The number of anilines is 1. The Kier molecular flexibility index (Phi) is 3.27. The molecule has 2 aromatic heterocycles. The van der Waals surface area contributed by atoms with Crippen molar-refractivity contribution in [1.82, 2.24) is 20.1 Å². The molecule has 0 aliphatic rings. The van der Waals surface area contributed by atoms with Gasteiger partial charge in [-0.2, -0.15) is 4.98 Å². The maximum atomic E-state index is 4.95. The van der Waals surface area contributed by atoms with E-state index in [1.165, 1.54) is 6.33 Å². The van der Waals surface area contributed by atoms with E-state index in [0.29, 0.717) is 30.6 Å². The van der Waals surface area contributed by atoms with Crippen LogP contribution in [0.1, 0.15) is 5.89 Å². The Hall–Kier alpha value is -2.18. The van der Waals surface area contributed by atoms with Gasteiger partial charge in [-0.05, 0) is 0 Å². The van der Waals surface area contributed by atoms with Crippen LogP contribution in [0, 0.1) is 0 Å². The number of nitrogens with zero attached hydrogens (tertiary/aromatic N) is 4. The molecule has 0 spiro atoms. The molecule has 84 valence electrons. The fraction of sp³-hybridized carbons (Fsp3) is 0.333. The topological polar surface area (TPSA) is 86.0 Å². The van der Waals surface area contributed by atoms with Gasteiger partial charge in [0.2, 0.25) is 11.8 Å². The lowest BCUT2D eigenvalue weighted by Crippen LogP contribution is -2.07. The monoisotopic (exact) mass is 221 g/mol. The maximum Gasteiger partial charge on any atom is 0.228 e. The first kappa shape index (κ1) is 10.3. The van der Waals surface area contributed by atoms with E-state index in [2.05, 4.69) is 25.4 Å². The van der Waals surface area contributed by atoms with Crippen molar-refractivity contribution >= 4 is 5.95 Å². The van der Waals surface area contributed by atoms with Crippen molar-refractivity contribution in [3.05, 3.63) is 24.6 Å². The Balaban J connectivity index is 1.81. The minimum Gasteiger partial charge on any atom is -0.494 e. The highest BCUT2D eigenvalue weighted by molar-refractivity contribution is 5.26. The predicted octanol–water partition coefficient (Wildman–Crippen LogP) is 0.523. The van der Waals surface area contributed by atoms with Crippen LogP contribution in [0.15, 0.2) is 23.2 Å². The third-order valence-electron chi connectivity index (χ3n) is 1.89. The highest BCUT2D eigenvalue weighted by atomic mass is 16.5. The highest BCUT2D eigenvalue weighted by Gasteiger charge is 2.00. The Morgan fingerprint density at radius 1 is 1.31 bits per heavy atom. The van der Waals surface area contributed by atoms with Crippen molar-refractivity contribution in [3.8, 4) is 5.75 Å². The Bertz CT molecular complexity index is 414. The van der Waals surface area contributed by atoms with Gasteiger partial charge in [-0.25, -0.2) is 9.97 Å². The molecule has 0 aliphatic heterocycles. The van der Waals surface area contributed by atoms with Crippen LogP contribution in [0.2, 0.25) is 0 Å². The molecule has 2 aromatic rings. The SMILES string of the molecule is COc1cnc(NCCc2ncno2)nc1. The number of nitrogens with one attached hydrogen (secondary N) is 1. The zero-order valence-electron chi connectivity index (χ0n) is 8.75. The molecule has 0 atom stereocenters. The van der Waals surface area contributed by atoms with Gasteiger partial charge < -0.3 is 14.6 Å². The summed E-state index contributed by atoms with van der Waals surface area (Å²) >= 11 is 0. The summed E-state index contributed by atoms with van der Waals surface area (Å²) in [4.78, 5) is 12.0. The van der Waals surface area contributed by atoms with Gasteiger partial charge in [-0.3, -0.25) is 0 Å². The molecule has 0 saturated carbocycles. The summed E-state index contributed by atoms with van der Waals surface area (Å²) in [6.45, 7) is 0.633. The molecule has 16 heavy (non-hydrogen) atoms. The van der Waals surface area contributed by atoms with Crippen molar-refractivity contribution < 1.29 is 9.26 Å². The van der Waals surface area contributed by atoms with E-state index < -0.39 is 0 Å². The largest absolute Gasteiger partial charge is 0.494 e. The third kappa shape index (κ3) is 2.66. The zero-order chi connectivity index (χ0) is 11.2. The van der Waals surface area contributed by atoms with E-state index >= 15 is 0 Å². The molecule has 2 heterocycles. The van der Waals surface area contributed by atoms with Gasteiger partial charge in [0.25, 0.3) is 0 Å². The number of aromatic nitrogens is 4. The molecule has 0 unspecified atom stereocenters. The van der Waals surface area contributed by atoms with Crippen LogP contribution >= 0.6 is 0 Å². The van der Waals surface area contributed by atoms with E-state index in [1.54, 1.807) is 19.5 Å². The number of hydrogen-bond acceptors (Lipinski definition) is 7. The van der Waals surface area contributed by atoms with E-state index in [4.69, 9.17) is 9.26 Å². The van der Waals surface area contributed by atoms with E-state index in [1.807, 2.05) is 0 Å². The minimum atomic E-state index is 0.542. The lowest BCUT2D eigenvalue weighted by molar-refractivity contribution is 0.379. The Morgan fingerprint density at radius 3 is 2.75 bits per heavy atom. The molecule has 2 rings (SSSR count). The average Bonchev–Trinajstić information content (AvgIpc) is 2.83. The quantitative estimate of drug-likeness (QED) is 0.787. The smallest absolute Gasteiger partial charge is 0.228 e. The number of hydrogen-bond donors (Lipinski definition) is 1. The molecule has 0 amide bonds. The molecule has 7 heteroatoms. The Labute approximate surface area is 91.9 Å². The van der Waals surface area contributed by atoms with Gasteiger partial charge in [-0.15, -0.1) is 0 Å². The summed E-state index contributed by atoms with van der Waals surface area (Å²) in [5.41, 5.74) is 0. The summed E-state index contributed by atoms with van der Waals surface area (Å²) < 4.78 is 9.79. The second-order valence-electron chi connectivity index (χ2n) is 2.96. The van der Waals surface area contributed by atoms with Crippen molar-refractivity contribution in [3.63, 3.8) is 0 Å². The van der Waals surface area contributed by atoms with Crippen molar-refractivity contribution in [2.45, 2.75) is 6.42 Å². The Morgan fingerprint density at radius 2 is 2.12 bits per heavy atom. The molecule has 0 saturated heterocycles.